The Kier molecular flexibility index (Phi) is 7.37. The third-order valence-corrected chi connectivity index (χ3v) is 3.17. The lowest BCUT2D eigenvalue weighted by molar-refractivity contribution is -0.118. The highest BCUT2D eigenvalue weighted by Crippen LogP contribution is 2.18. The molecule has 1 heteroatoms. The second kappa shape index (κ2) is 8.98. The Morgan fingerprint density at radius 2 is 1.65 bits per heavy atom. The van der Waals surface area contributed by atoms with Crippen molar-refractivity contribution in [2.75, 3.05) is 0 Å². The SMILES string of the molecule is C/C=C/C(=O)C1CC/C=C\CC/C=C\CCC1. The van der Waals surface area contributed by atoms with E-state index in [9.17, 15) is 4.79 Å². The summed E-state index contributed by atoms with van der Waals surface area (Å²) in [6, 6.07) is 0. The van der Waals surface area contributed by atoms with Crippen molar-refractivity contribution < 1.29 is 4.79 Å². The fourth-order valence-electron chi connectivity index (χ4n) is 2.17. The molecule has 0 saturated carbocycles. The van der Waals surface area contributed by atoms with Crippen molar-refractivity contribution in [3.05, 3.63) is 36.5 Å². The van der Waals surface area contributed by atoms with Crippen LogP contribution in [0, 0.1) is 5.92 Å². The van der Waals surface area contributed by atoms with Gasteiger partial charge in [-0.15, -0.1) is 0 Å². The van der Waals surface area contributed by atoms with Crippen LogP contribution in [0.1, 0.15) is 51.9 Å². The minimum Gasteiger partial charge on any atom is -0.295 e. The molecule has 94 valence electrons. The maximum atomic E-state index is 11.9. The smallest absolute Gasteiger partial charge is 0.158 e. The number of ketones is 1. The van der Waals surface area contributed by atoms with E-state index in [1.54, 1.807) is 6.08 Å². The van der Waals surface area contributed by atoms with Crippen LogP contribution in [-0.4, -0.2) is 5.78 Å². The quantitative estimate of drug-likeness (QED) is 0.502. The van der Waals surface area contributed by atoms with Crippen molar-refractivity contribution in [3.8, 4) is 0 Å². The van der Waals surface area contributed by atoms with Gasteiger partial charge in [0.2, 0.25) is 0 Å². The topological polar surface area (TPSA) is 17.1 Å². The normalized spacial score (nSPS) is 27.0. The second-order valence-electron chi connectivity index (χ2n) is 4.63. The molecule has 0 saturated heterocycles. The zero-order chi connectivity index (χ0) is 12.3. The summed E-state index contributed by atoms with van der Waals surface area (Å²) in [5, 5.41) is 0. The highest BCUT2D eigenvalue weighted by Gasteiger charge is 2.14. The van der Waals surface area contributed by atoms with Crippen LogP contribution in [-0.2, 0) is 4.79 Å². The average Bonchev–Trinajstić information content (AvgIpc) is 2.30. The Balaban J connectivity index is 2.52. The number of hydrogen-bond acceptors (Lipinski definition) is 1. The van der Waals surface area contributed by atoms with Crippen LogP contribution in [0.25, 0.3) is 0 Å². The summed E-state index contributed by atoms with van der Waals surface area (Å²) in [5.41, 5.74) is 0. The van der Waals surface area contributed by atoms with E-state index in [2.05, 4.69) is 24.3 Å². The van der Waals surface area contributed by atoms with E-state index in [0.717, 1.165) is 44.9 Å². The van der Waals surface area contributed by atoms with Gasteiger partial charge in [-0.25, -0.2) is 0 Å². The highest BCUT2D eigenvalue weighted by atomic mass is 16.1. The van der Waals surface area contributed by atoms with Gasteiger partial charge in [-0.05, 0) is 57.9 Å². The van der Waals surface area contributed by atoms with E-state index in [0.29, 0.717) is 5.78 Å². The molecular weight excluding hydrogens is 208 g/mol. The van der Waals surface area contributed by atoms with Gasteiger partial charge in [-0.1, -0.05) is 30.4 Å². The molecule has 1 aliphatic carbocycles. The molecular formula is C16H24O. The summed E-state index contributed by atoms with van der Waals surface area (Å²) >= 11 is 0. The van der Waals surface area contributed by atoms with Gasteiger partial charge < -0.3 is 0 Å². The van der Waals surface area contributed by atoms with Gasteiger partial charge in [-0.3, -0.25) is 4.79 Å². The van der Waals surface area contributed by atoms with Gasteiger partial charge in [0.05, 0.1) is 0 Å². The maximum Gasteiger partial charge on any atom is 0.158 e. The van der Waals surface area contributed by atoms with Crippen molar-refractivity contribution in [2.24, 2.45) is 5.92 Å². The van der Waals surface area contributed by atoms with Gasteiger partial charge >= 0.3 is 0 Å². The Labute approximate surface area is 105 Å². The summed E-state index contributed by atoms with van der Waals surface area (Å²) < 4.78 is 0. The molecule has 1 nitrogen and oxygen atoms in total. The molecule has 0 aromatic carbocycles. The Morgan fingerprint density at radius 3 is 2.35 bits per heavy atom. The van der Waals surface area contributed by atoms with Crippen molar-refractivity contribution in [1.29, 1.82) is 0 Å². The maximum absolute atomic E-state index is 11.9. The molecule has 1 unspecified atom stereocenters. The molecule has 0 spiro atoms. The first kappa shape index (κ1) is 14.0. The van der Waals surface area contributed by atoms with Gasteiger partial charge in [0.15, 0.2) is 5.78 Å². The van der Waals surface area contributed by atoms with Crippen LogP contribution in [0.2, 0.25) is 0 Å². The first-order chi connectivity index (χ1) is 8.34. The fourth-order valence-corrected chi connectivity index (χ4v) is 2.17. The van der Waals surface area contributed by atoms with E-state index in [-0.39, 0.29) is 5.92 Å². The van der Waals surface area contributed by atoms with Crippen LogP contribution < -0.4 is 0 Å². The van der Waals surface area contributed by atoms with E-state index >= 15 is 0 Å². The Bertz CT molecular complexity index is 297. The number of carbonyl (C=O) groups is 1. The largest absolute Gasteiger partial charge is 0.295 e. The molecule has 17 heavy (non-hydrogen) atoms. The van der Waals surface area contributed by atoms with Crippen LogP contribution >= 0.6 is 0 Å². The summed E-state index contributed by atoms with van der Waals surface area (Å²) in [4.78, 5) is 11.9. The van der Waals surface area contributed by atoms with E-state index in [1.807, 2.05) is 13.0 Å². The van der Waals surface area contributed by atoms with Gasteiger partial charge in [0.1, 0.15) is 0 Å². The molecule has 0 aromatic heterocycles. The van der Waals surface area contributed by atoms with E-state index in [1.165, 1.54) is 0 Å². The van der Waals surface area contributed by atoms with Gasteiger partial charge in [0.25, 0.3) is 0 Å². The first-order valence-corrected chi connectivity index (χ1v) is 6.81. The standard InChI is InChI=1S/C16H24O/c1-2-12-16(17)15-13-10-8-6-4-3-5-7-9-11-14-15/h2,4,6-7,9,12,15H,3,5,8,10-11,13-14H2,1H3/b6-4-,9-7-,12-2+. The Morgan fingerprint density at radius 1 is 1.00 bits per heavy atom. The average molecular weight is 232 g/mol. The molecule has 0 fully saturated rings. The summed E-state index contributed by atoms with van der Waals surface area (Å²) in [7, 11) is 0. The third kappa shape index (κ3) is 6.25. The fraction of sp³-hybridized carbons (Fsp3) is 0.562. The second-order valence-corrected chi connectivity index (χ2v) is 4.63. The van der Waals surface area contributed by atoms with Crippen LogP contribution in [0.4, 0.5) is 0 Å². The van der Waals surface area contributed by atoms with Crippen molar-refractivity contribution in [2.45, 2.75) is 51.9 Å². The zero-order valence-corrected chi connectivity index (χ0v) is 10.9. The van der Waals surface area contributed by atoms with Gasteiger partial charge in [0, 0.05) is 5.92 Å². The van der Waals surface area contributed by atoms with Crippen molar-refractivity contribution in [1.82, 2.24) is 0 Å². The minimum absolute atomic E-state index is 0.226. The van der Waals surface area contributed by atoms with Crippen LogP contribution in [0.5, 0.6) is 0 Å². The monoisotopic (exact) mass is 232 g/mol. The lowest BCUT2D eigenvalue weighted by atomic mass is 9.91. The van der Waals surface area contributed by atoms with Crippen molar-refractivity contribution in [3.63, 3.8) is 0 Å². The molecule has 0 N–H and O–H groups in total. The number of allylic oxidation sites excluding steroid dienone is 6. The van der Waals surface area contributed by atoms with Crippen LogP contribution in [0.15, 0.2) is 36.5 Å². The molecule has 0 heterocycles. The highest BCUT2D eigenvalue weighted by molar-refractivity contribution is 5.91. The zero-order valence-electron chi connectivity index (χ0n) is 10.9. The summed E-state index contributed by atoms with van der Waals surface area (Å²) in [6.07, 6.45) is 20.2. The molecule has 0 amide bonds. The van der Waals surface area contributed by atoms with E-state index in [4.69, 9.17) is 0 Å². The number of carbonyl (C=O) groups excluding carboxylic acids is 1. The molecule has 1 aliphatic rings. The van der Waals surface area contributed by atoms with E-state index < -0.39 is 0 Å². The number of hydrogen-bond donors (Lipinski definition) is 0. The van der Waals surface area contributed by atoms with Gasteiger partial charge in [-0.2, -0.15) is 0 Å². The Hall–Kier alpha value is -1.11. The third-order valence-electron chi connectivity index (χ3n) is 3.17. The van der Waals surface area contributed by atoms with Crippen molar-refractivity contribution >= 4 is 5.78 Å². The predicted octanol–water partition coefficient (Wildman–Crippen LogP) is 4.60. The molecule has 0 bridgehead atoms. The predicted molar refractivity (Wildman–Crippen MR) is 73.9 cm³/mol. The lowest BCUT2D eigenvalue weighted by Crippen LogP contribution is -2.11. The van der Waals surface area contributed by atoms with Crippen LogP contribution in [0.3, 0.4) is 0 Å². The molecule has 0 radical (unpaired) electrons. The molecule has 1 atom stereocenters. The molecule has 0 aromatic rings. The lowest BCUT2D eigenvalue weighted by Gasteiger charge is -2.12. The minimum atomic E-state index is 0.226. The molecule has 1 rings (SSSR count). The number of rotatable bonds is 2. The summed E-state index contributed by atoms with van der Waals surface area (Å²) in [5.74, 6) is 0.533. The molecule has 0 aliphatic heterocycles. The summed E-state index contributed by atoms with van der Waals surface area (Å²) in [6.45, 7) is 1.91. The first-order valence-electron chi connectivity index (χ1n) is 6.81.